The quantitative estimate of drug-likeness (QED) is 0.0327. The maximum atomic E-state index is 15.1. The van der Waals surface area contributed by atoms with Crippen molar-refractivity contribution in [3.63, 3.8) is 0 Å². The molecule has 7 rings (SSSR count). The van der Waals surface area contributed by atoms with Gasteiger partial charge in [0.25, 0.3) is 5.69 Å². The molecule has 0 aromatic heterocycles. The molecule has 1 saturated carbocycles. The molecule has 0 bridgehead atoms. The summed E-state index contributed by atoms with van der Waals surface area (Å²) in [6.45, 7) is 8.92. The fraction of sp³-hybridized carbons (Fsp3) is 0.451. The van der Waals surface area contributed by atoms with E-state index in [1.807, 2.05) is 18.2 Å². The number of fused-ring (bicyclic) bond motifs is 2. The molecule has 1 saturated heterocycles. The molecule has 65 heavy (non-hydrogen) atoms. The van der Waals surface area contributed by atoms with Gasteiger partial charge in [-0.05, 0) is 116 Å². The Morgan fingerprint density at radius 2 is 1.74 bits per heavy atom. The highest BCUT2D eigenvalue weighted by Gasteiger charge is 2.65. The molecule has 0 radical (unpaired) electrons. The van der Waals surface area contributed by atoms with E-state index in [1.165, 1.54) is 30.3 Å². The van der Waals surface area contributed by atoms with Crippen molar-refractivity contribution < 1.29 is 48.1 Å². The molecule has 2 N–H and O–H groups in total. The van der Waals surface area contributed by atoms with E-state index in [0.717, 1.165) is 49.7 Å². The summed E-state index contributed by atoms with van der Waals surface area (Å²) in [7, 11) is 0. The lowest BCUT2D eigenvalue weighted by molar-refractivity contribution is -0.384. The van der Waals surface area contributed by atoms with Crippen LogP contribution in [0.5, 0.6) is 11.5 Å². The SMILES string of the molecule is C=CCOc1ccc2c(c1)C1C(CCCCO)C(CCCCO)C=C3C(=NOC4CCCCO4)CC(N(Cc4ccc(F)cc4)C(=O)C=Cc4ccc([N+](=O)[O-])cc4)C(OCC=C)(O2)C31. The molecule has 2 aliphatic carbocycles. The zero-order valence-electron chi connectivity index (χ0n) is 36.8. The van der Waals surface area contributed by atoms with Crippen LogP contribution in [0.3, 0.4) is 0 Å². The number of aliphatic hydroxyl groups is 2. The number of hydrogen-bond donors (Lipinski definition) is 2. The highest BCUT2D eigenvalue weighted by atomic mass is 19.1. The van der Waals surface area contributed by atoms with Crippen LogP contribution in [-0.4, -0.2) is 82.8 Å². The topological polar surface area (TPSA) is 162 Å². The molecule has 2 fully saturated rings. The lowest BCUT2D eigenvalue weighted by Crippen LogP contribution is -2.70. The molecule has 346 valence electrons. The molecule has 13 nitrogen and oxygen atoms in total. The fourth-order valence-electron chi connectivity index (χ4n) is 9.91. The van der Waals surface area contributed by atoms with Gasteiger partial charge in [-0.3, -0.25) is 14.9 Å². The van der Waals surface area contributed by atoms with E-state index in [-0.39, 0.29) is 56.2 Å². The third-order valence-corrected chi connectivity index (χ3v) is 12.9. The van der Waals surface area contributed by atoms with Crippen molar-refractivity contribution in [1.82, 2.24) is 4.90 Å². The van der Waals surface area contributed by atoms with Gasteiger partial charge < -0.3 is 38.9 Å². The number of amides is 1. The normalized spacial score (nSPS) is 25.2. The molecule has 7 atom stereocenters. The van der Waals surface area contributed by atoms with E-state index in [9.17, 15) is 24.7 Å². The number of ether oxygens (including phenoxy) is 4. The number of nitrogens with zero attached hydrogens (tertiary/aromatic N) is 3. The Morgan fingerprint density at radius 1 is 0.985 bits per heavy atom. The first-order valence-corrected chi connectivity index (χ1v) is 22.8. The molecule has 0 spiro atoms. The number of nitro benzene ring substituents is 1. The molecule has 3 aromatic carbocycles. The molecular weight excluding hydrogens is 834 g/mol. The van der Waals surface area contributed by atoms with Gasteiger partial charge in [0.05, 0.1) is 29.8 Å². The minimum absolute atomic E-state index is 0.0103. The number of benzene rings is 3. The average molecular weight is 894 g/mol. The molecular formula is C51H60FN3O10. The van der Waals surface area contributed by atoms with Crippen molar-refractivity contribution in [3.8, 4) is 11.5 Å². The van der Waals surface area contributed by atoms with Crippen molar-refractivity contribution in [2.75, 3.05) is 33.0 Å². The lowest BCUT2D eigenvalue weighted by atomic mass is 9.55. The van der Waals surface area contributed by atoms with Crippen molar-refractivity contribution in [2.45, 2.75) is 94.8 Å². The minimum Gasteiger partial charge on any atom is -0.490 e. The van der Waals surface area contributed by atoms with Crippen molar-refractivity contribution >= 4 is 23.4 Å². The minimum atomic E-state index is -1.55. The van der Waals surface area contributed by atoms with Crippen LogP contribution in [0.1, 0.15) is 86.8 Å². The Kier molecular flexibility index (Phi) is 16.4. The highest BCUT2D eigenvalue weighted by molar-refractivity contribution is 6.03. The van der Waals surface area contributed by atoms with Gasteiger partial charge in [0.2, 0.25) is 18.0 Å². The van der Waals surface area contributed by atoms with Crippen LogP contribution in [-0.2, 0) is 25.7 Å². The second-order valence-corrected chi connectivity index (χ2v) is 17.0. The lowest BCUT2D eigenvalue weighted by Gasteiger charge is -2.60. The molecule has 14 heteroatoms. The smallest absolute Gasteiger partial charge is 0.269 e. The maximum absolute atomic E-state index is 15.1. The first-order valence-electron chi connectivity index (χ1n) is 22.8. The summed E-state index contributed by atoms with van der Waals surface area (Å²) in [5.41, 5.74) is 3.54. The van der Waals surface area contributed by atoms with Crippen LogP contribution in [0.4, 0.5) is 10.1 Å². The Bertz CT molecular complexity index is 2210. The summed E-state index contributed by atoms with van der Waals surface area (Å²) in [5.74, 6) is -2.04. The van der Waals surface area contributed by atoms with Crippen LogP contribution >= 0.6 is 0 Å². The summed E-state index contributed by atoms with van der Waals surface area (Å²) in [6, 6.07) is 16.8. The van der Waals surface area contributed by atoms with Gasteiger partial charge in [-0.15, -0.1) is 6.58 Å². The van der Waals surface area contributed by atoms with Crippen LogP contribution in [0.2, 0.25) is 0 Å². The number of aliphatic hydroxyl groups excluding tert-OH is 2. The van der Waals surface area contributed by atoms with Gasteiger partial charge >= 0.3 is 0 Å². The second kappa shape index (κ2) is 22.5. The molecule has 2 heterocycles. The first kappa shape index (κ1) is 47.3. The van der Waals surface area contributed by atoms with E-state index >= 15 is 4.79 Å². The van der Waals surface area contributed by atoms with E-state index in [0.29, 0.717) is 60.8 Å². The van der Waals surface area contributed by atoms with Crippen LogP contribution in [0, 0.1) is 33.7 Å². The molecule has 7 unspecified atom stereocenters. The van der Waals surface area contributed by atoms with E-state index in [4.69, 9.17) is 28.9 Å². The molecule has 2 aliphatic heterocycles. The number of unbranched alkanes of at least 4 members (excludes halogenated alkanes) is 2. The summed E-state index contributed by atoms with van der Waals surface area (Å²) in [5, 5.41) is 36.2. The number of hydrogen-bond acceptors (Lipinski definition) is 11. The van der Waals surface area contributed by atoms with Crippen molar-refractivity contribution in [1.29, 1.82) is 0 Å². The predicted molar refractivity (Wildman–Crippen MR) is 244 cm³/mol. The first-order chi connectivity index (χ1) is 31.7. The highest BCUT2D eigenvalue weighted by Crippen LogP contribution is 2.62. The number of carbonyl (C=O) groups excluding carboxylic acids is 1. The monoisotopic (exact) mass is 893 g/mol. The van der Waals surface area contributed by atoms with Crippen LogP contribution in [0.15, 0.2) is 115 Å². The predicted octanol–water partition coefficient (Wildman–Crippen LogP) is 9.20. The van der Waals surface area contributed by atoms with Gasteiger partial charge in [0.15, 0.2) is 0 Å². The van der Waals surface area contributed by atoms with Gasteiger partial charge in [0.1, 0.15) is 30.0 Å². The number of nitro groups is 1. The van der Waals surface area contributed by atoms with Gasteiger partial charge in [-0.1, -0.05) is 54.9 Å². The van der Waals surface area contributed by atoms with Gasteiger partial charge in [-0.2, -0.15) is 0 Å². The van der Waals surface area contributed by atoms with Crippen molar-refractivity contribution in [3.05, 3.63) is 142 Å². The number of halogens is 1. The fourth-order valence-corrected chi connectivity index (χ4v) is 9.91. The number of rotatable bonds is 22. The molecule has 3 aromatic rings. The summed E-state index contributed by atoms with van der Waals surface area (Å²) < 4.78 is 41.0. The van der Waals surface area contributed by atoms with Gasteiger partial charge in [-0.25, -0.2) is 4.39 Å². The zero-order chi connectivity index (χ0) is 45.8. The van der Waals surface area contributed by atoms with E-state index in [2.05, 4.69) is 19.2 Å². The van der Waals surface area contributed by atoms with E-state index < -0.39 is 40.7 Å². The Hall–Kier alpha value is -5.67. The number of non-ortho nitro benzene ring substituents is 1. The standard InChI is InChI=1S/C51H60FN3O10/c1-3-28-61-40-23-24-45-43(32-40)49-41(12-6-9-27-57)37(11-5-8-26-56)31-42-44(53-65-48-13-7-10-30-62-48)33-46(51(64-45,50(42)49)63-29-4-2)54(34-36-14-19-38(52)20-15-36)47(58)25-18-35-16-21-39(22-17-35)55(59)60/h3-4,14-25,31-32,37,41,46,48-50,56-57H,1-2,5-13,26-30,33-34H2. The largest absolute Gasteiger partial charge is 0.490 e. The van der Waals surface area contributed by atoms with E-state index in [1.54, 1.807) is 47.4 Å². The second-order valence-electron chi connectivity index (χ2n) is 17.0. The number of oxime groups is 1. The molecule has 4 aliphatic rings. The van der Waals surface area contributed by atoms with Gasteiger partial charge in [0, 0.05) is 62.3 Å². The summed E-state index contributed by atoms with van der Waals surface area (Å²) in [6.07, 6.45) is 15.1. The number of carbonyl (C=O) groups is 1. The Labute approximate surface area is 380 Å². The number of allylic oxidation sites excluding steroid dienone is 1. The third kappa shape index (κ3) is 11.1. The van der Waals surface area contributed by atoms with Crippen molar-refractivity contribution in [2.24, 2.45) is 22.9 Å². The zero-order valence-corrected chi connectivity index (χ0v) is 36.8. The maximum Gasteiger partial charge on any atom is 0.269 e. The van der Waals surface area contributed by atoms with Crippen LogP contribution in [0.25, 0.3) is 6.08 Å². The Morgan fingerprint density at radius 3 is 2.43 bits per heavy atom. The summed E-state index contributed by atoms with van der Waals surface area (Å²) in [4.78, 5) is 34.0. The third-order valence-electron chi connectivity index (χ3n) is 12.9. The van der Waals surface area contributed by atoms with Crippen LogP contribution < -0.4 is 9.47 Å². The summed E-state index contributed by atoms with van der Waals surface area (Å²) >= 11 is 0. The Balaban J connectivity index is 1.45. The molecule has 1 amide bonds. The average Bonchev–Trinajstić information content (AvgIpc) is 3.32.